The summed E-state index contributed by atoms with van der Waals surface area (Å²) in [6.45, 7) is 1.90. The van der Waals surface area contributed by atoms with Crippen LogP contribution in [0.4, 0.5) is 8.78 Å². The summed E-state index contributed by atoms with van der Waals surface area (Å²) in [5.74, 6) is -3.16. The van der Waals surface area contributed by atoms with Gasteiger partial charge in [-0.3, -0.25) is 14.4 Å². The number of carbonyl (C=O) groups excluding carboxylic acids is 1. The Kier molecular flexibility index (Phi) is 5.38. The second kappa shape index (κ2) is 8.52. The number of halogens is 2. The molecule has 3 heterocycles. The summed E-state index contributed by atoms with van der Waals surface area (Å²) in [6, 6.07) is 10.9. The van der Waals surface area contributed by atoms with Gasteiger partial charge in [0.25, 0.3) is 5.91 Å². The molecule has 37 heavy (non-hydrogen) atoms. The number of fused-ring (bicyclic) bond motifs is 2. The molecule has 6 rings (SSSR count). The van der Waals surface area contributed by atoms with E-state index in [9.17, 15) is 23.5 Å². The molecule has 2 aromatic heterocycles. The average Bonchev–Trinajstić information content (AvgIpc) is 3.46. The number of rotatable bonds is 6. The molecule has 1 aliphatic heterocycles. The topological polar surface area (TPSA) is 94.5 Å². The first-order valence-corrected chi connectivity index (χ1v) is 12.1. The van der Waals surface area contributed by atoms with Crippen LogP contribution >= 0.6 is 0 Å². The van der Waals surface area contributed by atoms with E-state index in [4.69, 9.17) is 0 Å². The SMILES string of the molecule is CN(Cc1cnn2c1CN(C(=O)c1cc3c(F)c(F)ccc3[nH]1)CC2)C1(c2cccc(C(=O)O)c2)CC1. The molecule has 8 nitrogen and oxygen atoms in total. The fourth-order valence-electron chi connectivity index (χ4n) is 5.39. The van der Waals surface area contributed by atoms with Gasteiger partial charge in [-0.1, -0.05) is 12.1 Å². The van der Waals surface area contributed by atoms with Crippen molar-refractivity contribution in [2.24, 2.45) is 0 Å². The molecule has 190 valence electrons. The highest BCUT2D eigenvalue weighted by Gasteiger charge is 2.48. The lowest BCUT2D eigenvalue weighted by molar-refractivity contribution is 0.0688. The number of amides is 1. The van der Waals surface area contributed by atoms with E-state index in [0.717, 1.165) is 35.7 Å². The fraction of sp³-hybridized carbons (Fsp3) is 0.296. The van der Waals surface area contributed by atoms with Crippen LogP contribution in [0, 0.1) is 11.6 Å². The maximum Gasteiger partial charge on any atom is 0.335 e. The lowest BCUT2D eigenvalue weighted by Gasteiger charge is -2.31. The van der Waals surface area contributed by atoms with Crippen molar-refractivity contribution in [3.05, 3.63) is 88.4 Å². The van der Waals surface area contributed by atoms with Crippen molar-refractivity contribution >= 4 is 22.8 Å². The van der Waals surface area contributed by atoms with Gasteiger partial charge < -0.3 is 15.0 Å². The van der Waals surface area contributed by atoms with E-state index in [1.165, 1.54) is 12.1 Å². The minimum Gasteiger partial charge on any atom is -0.478 e. The zero-order valence-electron chi connectivity index (χ0n) is 20.2. The van der Waals surface area contributed by atoms with Crippen LogP contribution in [0.15, 0.2) is 48.7 Å². The maximum atomic E-state index is 14.2. The fourth-order valence-corrected chi connectivity index (χ4v) is 5.39. The number of aromatic carboxylic acids is 1. The number of H-pyrrole nitrogens is 1. The van der Waals surface area contributed by atoms with E-state index in [0.29, 0.717) is 31.7 Å². The Morgan fingerprint density at radius 1 is 1.16 bits per heavy atom. The van der Waals surface area contributed by atoms with Gasteiger partial charge in [-0.2, -0.15) is 5.10 Å². The number of carboxylic acids is 1. The van der Waals surface area contributed by atoms with E-state index >= 15 is 0 Å². The molecule has 1 aliphatic carbocycles. The molecule has 0 radical (unpaired) electrons. The van der Waals surface area contributed by atoms with Crippen LogP contribution in [-0.2, 0) is 25.2 Å². The second-order valence-corrected chi connectivity index (χ2v) is 9.85. The molecule has 2 N–H and O–H groups in total. The monoisotopic (exact) mass is 505 g/mol. The number of aromatic nitrogens is 3. The first-order chi connectivity index (χ1) is 17.8. The molecule has 2 aromatic carbocycles. The van der Waals surface area contributed by atoms with Crippen molar-refractivity contribution in [1.82, 2.24) is 24.6 Å². The summed E-state index contributed by atoms with van der Waals surface area (Å²) in [5, 5.41) is 14.0. The molecular weight excluding hydrogens is 480 g/mol. The van der Waals surface area contributed by atoms with Crippen LogP contribution in [0.1, 0.15) is 50.5 Å². The highest BCUT2D eigenvalue weighted by molar-refractivity contribution is 5.98. The number of nitrogens with one attached hydrogen (secondary N) is 1. The third-order valence-electron chi connectivity index (χ3n) is 7.67. The smallest absolute Gasteiger partial charge is 0.335 e. The molecule has 1 fully saturated rings. The third kappa shape index (κ3) is 3.88. The Bertz CT molecular complexity index is 1550. The largest absolute Gasteiger partial charge is 0.478 e. The predicted molar refractivity (Wildman–Crippen MR) is 131 cm³/mol. The zero-order valence-corrected chi connectivity index (χ0v) is 20.2. The lowest BCUT2D eigenvalue weighted by atomic mass is 10.00. The van der Waals surface area contributed by atoms with Gasteiger partial charge in [-0.25, -0.2) is 13.6 Å². The highest BCUT2D eigenvalue weighted by Crippen LogP contribution is 2.51. The quantitative estimate of drug-likeness (QED) is 0.411. The zero-order chi connectivity index (χ0) is 25.9. The molecule has 0 unspecified atom stereocenters. The number of carboxylic acid groups (broad SMARTS) is 1. The number of hydrogen-bond acceptors (Lipinski definition) is 4. The lowest BCUT2D eigenvalue weighted by Crippen LogP contribution is -2.39. The molecule has 1 amide bonds. The predicted octanol–water partition coefficient (Wildman–Crippen LogP) is 4.12. The summed E-state index contributed by atoms with van der Waals surface area (Å²) < 4.78 is 29.7. The van der Waals surface area contributed by atoms with Crippen LogP contribution in [0.25, 0.3) is 10.9 Å². The summed E-state index contributed by atoms with van der Waals surface area (Å²) >= 11 is 0. The van der Waals surface area contributed by atoms with Gasteiger partial charge in [0.1, 0.15) is 5.69 Å². The van der Waals surface area contributed by atoms with Crippen molar-refractivity contribution in [2.75, 3.05) is 13.6 Å². The van der Waals surface area contributed by atoms with Gasteiger partial charge in [0.15, 0.2) is 11.6 Å². The van der Waals surface area contributed by atoms with Crippen molar-refractivity contribution < 1.29 is 23.5 Å². The van der Waals surface area contributed by atoms with Gasteiger partial charge in [-0.05, 0) is 55.8 Å². The molecule has 2 aliphatic rings. The molecule has 0 saturated heterocycles. The molecule has 10 heteroatoms. The maximum absolute atomic E-state index is 14.2. The standard InChI is InChI=1S/C27H25F2N5O3/c1-32(27(7-8-27)18-4-2-3-16(11-18)26(36)37)14-17-13-30-34-10-9-33(15-23(17)34)25(35)22-12-19-21(31-22)6-5-20(28)24(19)29/h2-6,11-13,31H,7-10,14-15H2,1H3,(H,36,37). The Morgan fingerprint density at radius 2 is 1.97 bits per heavy atom. The van der Waals surface area contributed by atoms with E-state index < -0.39 is 17.6 Å². The number of benzene rings is 2. The van der Waals surface area contributed by atoms with Crippen molar-refractivity contribution in [3.63, 3.8) is 0 Å². The minimum atomic E-state index is -0.974. The Morgan fingerprint density at radius 3 is 2.73 bits per heavy atom. The van der Waals surface area contributed by atoms with Gasteiger partial charge in [-0.15, -0.1) is 0 Å². The molecule has 1 saturated carbocycles. The second-order valence-electron chi connectivity index (χ2n) is 9.85. The number of nitrogens with zero attached hydrogens (tertiary/aromatic N) is 4. The summed E-state index contributed by atoms with van der Waals surface area (Å²) in [5.41, 5.74) is 3.52. The minimum absolute atomic E-state index is 0.0504. The third-order valence-corrected chi connectivity index (χ3v) is 7.67. The highest BCUT2D eigenvalue weighted by atomic mass is 19.2. The van der Waals surface area contributed by atoms with Crippen LogP contribution in [0.5, 0.6) is 0 Å². The summed E-state index contributed by atoms with van der Waals surface area (Å²) in [6.07, 6.45) is 3.68. The van der Waals surface area contributed by atoms with Crippen LogP contribution in [0.3, 0.4) is 0 Å². The molecule has 0 bridgehead atoms. The average molecular weight is 506 g/mol. The first-order valence-electron chi connectivity index (χ1n) is 12.1. The van der Waals surface area contributed by atoms with Gasteiger partial charge >= 0.3 is 5.97 Å². The van der Waals surface area contributed by atoms with Crippen molar-refractivity contribution in [3.8, 4) is 0 Å². The first kappa shape index (κ1) is 23.4. The summed E-state index contributed by atoms with van der Waals surface area (Å²) in [4.78, 5) is 31.5. The van der Waals surface area contributed by atoms with Gasteiger partial charge in [0.2, 0.25) is 0 Å². The Hall–Kier alpha value is -4.05. The van der Waals surface area contributed by atoms with Crippen molar-refractivity contribution in [2.45, 2.75) is 38.0 Å². The number of carbonyl (C=O) groups is 2. The van der Waals surface area contributed by atoms with Gasteiger partial charge in [0, 0.05) is 35.1 Å². The van der Waals surface area contributed by atoms with E-state index in [-0.39, 0.29) is 28.1 Å². The van der Waals surface area contributed by atoms with E-state index in [2.05, 4.69) is 15.0 Å². The summed E-state index contributed by atoms with van der Waals surface area (Å²) in [7, 11) is 2.02. The molecule has 0 atom stereocenters. The van der Waals surface area contributed by atoms with Crippen LogP contribution < -0.4 is 0 Å². The Labute approximate surface area is 211 Å². The van der Waals surface area contributed by atoms with Crippen LogP contribution in [0.2, 0.25) is 0 Å². The molecule has 0 spiro atoms. The molecular formula is C27H25F2N5O3. The number of hydrogen-bond donors (Lipinski definition) is 2. The van der Waals surface area contributed by atoms with Crippen LogP contribution in [-0.4, -0.2) is 55.1 Å². The number of aromatic amines is 1. The Balaban J connectivity index is 1.22. The van der Waals surface area contributed by atoms with E-state index in [1.807, 2.05) is 24.0 Å². The van der Waals surface area contributed by atoms with E-state index in [1.54, 1.807) is 23.1 Å². The normalized spacial score (nSPS) is 16.3. The molecule has 4 aromatic rings. The van der Waals surface area contributed by atoms with Gasteiger partial charge in [0.05, 0.1) is 30.5 Å². The van der Waals surface area contributed by atoms with Crippen molar-refractivity contribution in [1.29, 1.82) is 0 Å².